The van der Waals surface area contributed by atoms with E-state index >= 15 is 0 Å². The first-order valence-corrected chi connectivity index (χ1v) is 7.91. The van der Waals surface area contributed by atoms with Crippen LogP contribution in [0.2, 0.25) is 0 Å². The number of fused-ring (bicyclic) bond motifs is 1. The number of Topliss-reactive ketones (excluding diaryl/α,β-unsaturated/α-hetero) is 2. The van der Waals surface area contributed by atoms with E-state index in [0.717, 1.165) is 31.5 Å². The van der Waals surface area contributed by atoms with Crippen LogP contribution in [0.5, 0.6) is 0 Å². The molecule has 3 heteroatoms. The van der Waals surface area contributed by atoms with Gasteiger partial charge in [0.15, 0.2) is 0 Å². The first kappa shape index (κ1) is 14.5. The Balaban J connectivity index is 1.67. The Morgan fingerprint density at radius 2 is 2.00 bits per heavy atom. The number of hydrogen-bond donors (Lipinski definition) is 0. The Morgan fingerprint density at radius 3 is 2.76 bits per heavy atom. The maximum absolute atomic E-state index is 12.5. The highest BCUT2D eigenvalue weighted by Gasteiger charge is 2.40. The van der Waals surface area contributed by atoms with Crippen molar-refractivity contribution >= 4 is 11.6 Å². The Kier molecular flexibility index (Phi) is 4.20. The first-order valence-electron chi connectivity index (χ1n) is 7.91. The van der Waals surface area contributed by atoms with Gasteiger partial charge in [0.25, 0.3) is 0 Å². The van der Waals surface area contributed by atoms with Crippen molar-refractivity contribution < 1.29 is 9.59 Å². The van der Waals surface area contributed by atoms with E-state index in [0.29, 0.717) is 24.7 Å². The van der Waals surface area contributed by atoms with Crippen LogP contribution in [0, 0.1) is 17.8 Å². The summed E-state index contributed by atoms with van der Waals surface area (Å²) < 4.78 is 0. The normalized spacial score (nSPS) is 30.0. The molecule has 1 aliphatic heterocycles. The SMILES string of the molecule is CN1CC[C@H]2CC(=O)C(C(=O)Cc3ccccc3)C[C@@H]2C1. The van der Waals surface area contributed by atoms with Gasteiger partial charge in [-0.05, 0) is 43.8 Å². The fourth-order valence-corrected chi connectivity index (χ4v) is 3.86. The molecule has 0 bridgehead atoms. The highest BCUT2D eigenvalue weighted by atomic mass is 16.1. The van der Waals surface area contributed by atoms with Gasteiger partial charge in [-0.15, -0.1) is 0 Å². The van der Waals surface area contributed by atoms with Gasteiger partial charge in [0.1, 0.15) is 11.6 Å². The van der Waals surface area contributed by atoms with Gasteiger partial charge in [-0.1, -0.05) is 30.3 Å². The van der Waals surface area contributed by atoms with E-state index in [1.165, 1.54) is 0 Å². The van der Waals surface area contributed by atoms with Crippen molar-refractivity contribution in [2.45, 2.75) is 25.7 Å². The molecule has 1 aliphatic carbocycles. The van der Waals surface area contributed by atoms with Crippen LogP contribution in [0.15, 0.2) is 30.3 Å². The van der Waals surface area contributed by atoms with Crippen molar-refractivity contribution in [3.05, 3.63) is 35.9 Å². The predicted molar refractivity (Wildman–Crippen MR) is 82.0 cm³/mol. The van der Waals surface area contributed by atoms with Gasteiger partial charge in [-0.2, -0.15) is 0 Å². The molecule has 0 N–H and O–H groups in total. The average Bonchev–Trinajstić information content (AvgIpc) is 2.48. The Morgan fingerprint density at radius 1 is 1.24 bits per heavy atom. The summed E-state index contributed by atoms with van der Waals surface area (Å²) in [4.78, 5) is 27.2. The second-order valence-electron chi connectivity index (χ2n) is 6.66. The third-order valence-electron chi connectivity index (χ3n) is 5.09. The highest BCUT2D eigenvalue weighted by molar-refractivity contribution is 6.03. The fraction of sp³-hybridized carbons (Fsp3) is 0.556. The number of likely N-dealkylation sites (tertiary alicyclic amines) is 1. The smallest absolute Gasteiger partial charge is 0.147 e. The number of benzene rings is 1. The maximum atomic E-state index is 12.5. The van der Waals surface area contributed by atoms with E-state index in [1.807, 2.05) is 30.3 Å². The van der Waals surface area contributed by atoms with Crippen LogP contribution in [0.4, 0.5) is 0 Å². The third kappa shape index (κ3) is 3.24. The third-order valence-corrected chi connectivity index (χ3v) is 5.09. The second kappa shape index (κ2) is 6.10. The molecule has 1 unspecified atom stereocenters. The molecular formula is C18H23NO2. The lowest BCUT2D eigenvalue weighted by atomic mass is 9.68. The molecule has 3 nitrogen and oxygen atoms in total. The van der Waals surface area contributed by atoms with Crippen LogP contribution in [-0.4, -0.2) is 36.6 Å². The lowest BCUT2D eigenvalue weighted by molar-refractivity contribution is -0.137. The number of hydrogen-bond acceptors (Lipinski definition) is 3. The molecule has 1 aromatic carbocycles. The molecule has 1 heterocycles. The lowest BCUT2D eigenvalue weighted by Crippen LogP contribution is -2.45. The van der Waals surface area contributed by atoms with Crippen molar-refractivity contribution in [2.75, 3.05) is 20.1 Å². The molecule has 0 spiro atoms. The molecule has 3 atom stereocenters. The second-order valence-corrected chi connectivity index (χ2v) is 6.66. The zero-order valence-electron chi connectivity index (χ0n) is 12.6. The van der Waals surface area contributed by atoms with Gasteiger partial charge in [0, 0.05) is 19.4 Å². The predicted octanol–water partition coefficient (Wildman–Crippen LogP) is 2.35. The summed E-state index contributed by atoms with van der Waals surface area (Å²) >= 11 is 0. The highest BCUT2D eigenvalue weighted by Crippen LogP contribution is 2.37. The minimum absolute atomic E-state index is 0.109. The van der Waals surface area contributed by atoms with E-state index < -0.39 is 0 Å². The van der Waals surface area contributed by atoms with Crippen molar-refractivity contribution in [2.24, 2.45) is 17.8 Å². The average molecular weight is 285 g/mol. The van der Waals surface area contributed by atoms with Gasteiger partial charge in [-0.25, -0.2) is 0 Å². The van der Waals surface area contributed by atoms with Crippen LogP contribution in [0.3, 0.4) is 0 Å². The van der Waals surface area contributed by atoms with Gasteiger partial charge in [0.05, 0.1) is 5.92 Å². The summed E-state index contributed by atoms with van der Waals surface area (Å²) in [7, 11) is 2.13. The molecule has 3 rings (SSSR count). The zero-order chi connectivity index (χ0) is 14.8. The molecule has 0 amide bonds. The lowest BCUT2D eigenvalue weighted by Gasteiger charge is -2.41. The minimum Gasteiger partial charge on any atom is -0.306 e. The molecule has 2 aliphatic rings. The largest absolute Gasteiger partial charge is 0.306 e. The fourth-order valence-electron chi connectivity index (χ4n) is 3.86. The number of carbonyl (C=O) groups excluding carboxylic acids is 2. The Bertz CT molecular complexity index is 525. The van der Waals surface area contributed by atoms with E-state index in [9.17, 15) is 9.59 Å². The van der Waals surface area contributed by atoms with Crippen LogP contribution in [0.1, 0.15) is 24.8 Å². The van der Waals surface area contributed by atoms with Crippen molar-refractivity contribution in [1.82, 2.24) is 4.90 Å². The monoisotopic (exact) mass is 285 g/mol. The summed E-state index contributed by atoms with van der Waals surface area (Å²) in [6.45, 7) is 2.12. The molecular weight excluding hydrogens is 262 g/mol. The van der Waals surface area contributed by atoms with Crippen LogP contribution < -0.4 is 0 Å². The minimum atomic E-state index is -0.363. The summed E-state index contributed by atoms with van der Waals surface area (Å²) in [6, 6.07) is 9.75. The molecule has 1 saturated carbocycles. The summed E-state index contributed by atoms with van der Waals surface area (Å²) in [5.74, 6) is 0.957. The molecule has 1 saturated heterocycles. The van der Waals surface area contributed by atoms with Crippen molar-refractivity contribution in [3.63, 3.8) is 0 Å². The molecule has 0 radical (unpaired) electrons. The van der Waals surface area contributed by atoms with Gasteiger partial charge < -0.3 is 4.90 Å². The molecule has 21 heavy (non-hydrogen) atoms. The molecule has 0 aromatic heterocycles. The van der Waals surface area contributed by atoms with Gasteiger partial charge in [0.2, 0.25) is 0 Å². The first-order chi connectivity index (χ1) is 10.1. The van der Waals surface area contributed by atoms with E-state index in [1.54, 1.807) is 0 Å². The number of piperidine rings is 1. The van der Waals surface area contributed by atoms with Crippen molar-refractivity contribution in [3.8, 4) is 0 Å². The standard InChI is InChI=1S/C18H23NO2/c1-19-8-7-14-11-18(21)16(10-15(14)12-19)17(20)9-13-5-3-2-4-6-13/h2-6,14-16H,7-12H2,1H3/t14-,15+,16?/m0/s1. The summed E-state index contributed by atoms with van der Waals surface area (Å²) in [6.07, 6.45) is 2.88. The molecule has 1 aromatic rings. The van der Waals surface area contributed by atoms with Crippen molar-refractivity contribution in [1.29, 1.82) is 0 Å². The maximum Gasteiger partial charge on any atom is 0.147 e. The quantitative estimate of drug-likeness (QED) is 0.800. The topological polar surface area (TPSA) is 37.4 Å². The Hall–Kier alpha value is -1.48. The summed E-state index contributed by atoms with van der Waals surface area (Å²) in [5, 5.41) is 0. The molecule has 112 valence electrons. The van der Waals surface area contributed by atoms with Crippen LogP contribution in [0.25, 0.3) is 0 Å². The van der Waals surface area contributed by atoms with Crippen LogP contribution >= 0.6 is 0 Å². The number of carbonyl (C=O) groups is 2. The number of rotatable bonds is 3. The summed E-state index contributed by atoms with van der Waals surface area (Å²) in [5.41, 5.74) is 1.01. The Labute approximate surface area is 126 Å². The van der Waals surface area contributed by atoms with E-state index in [2.05, 4.69) is 11.9 Å². The number of nitrogens with zero attached hydrogens (tertiary/aromatic N) is 1. The van der Waals surface area contributed by atoms with E-state index in [4.69, 9.17) is 0 Å². The van der Waals surface area contributed by atoms with Crippen LogP contribution in [-0.2, 0) is 16.0 Å². The number of ketones is 2. The molecule has 2 fully saturated rings. The van der Waals surface area contributed by atoms with Gasteiger partial charge in [-0.3, -0.25) is 9.59 Å². The van der Waals surface area contributed by atoms with E-state index in [-0.39, 0.29) is 17.5 Å². The van der Waals surface area contributed by atoms with Gasteiger partial charge >= 0.3 is 0 Å². The zero-order valence-corrected chi connectivity index (χ0v) is 12.6.